The molecular formula is C26H20Cl2N3NaO6S. The van der Waals surface area contributed by atoms with E-state index in [-0.39, 0.29) is 57.2 Å². The summed E-state index contributed by atoms with van der Waals surface area (Å²) in [6.07, 6.45) is 0. The Labute approximate surface area is 256 Å². The van der Waals surface area contributed by atoms with Crippen LogP contribution in [-0.4, -0.2) is 25.5 Å². The van der Waals surface area contributed by atoms with E-state index < -0.39 is 26.7 Å². The Morgan fingerprint density at radius 3 is 2.49 bits per heavy atom. The molecule has 9 nitrogen and oxygen atoms in total. The Kier molecular flexibility index (Phi) is 10.0. The van der Waals surface area contributed by atoms with Gasteiger partial charge in [-0.1, -0.05) is 53.2 Å². The van der Waals surface area contributed by atoms with Crippen molar-refractivity contribution in [3.05, 3.63) is 81.8 Å². The van der Waals surface area contributed by atoms with Crippen LogP contribution in [0.4, 0.5) is 17.1 Å². The van der Waals surface area contributed by atoms with Crippen molar-refractivity contribution in [3.8, 4) is 11.5 Å². The number of ether oxygens (including phenoxy) is 1. The summed E-state index contributed by atoms with van der Waals surface area (Å²) >= 11 is 12.2. The van der Waals surface area contributed by atoms with Gasteiger partial charge in [-0.25, -0.2) is 0 Å². The van der Waals surface area contributed by atoms with Gasteiger partial charge in [0.2, 0.25) is 0 Å². The summed E-state index contributed by atoms with van der Waals surface area (Å²) in [5.41, 5.74) is 0.327. The van der Waals surface area contributed by atoms with Gasteiger partial charge in [-0.05, 0) is 61.2 Å². The SMILES string of the molecule is CCOc1ccc(Cl)cc1NC(=O)c1cc2ccccc2c(N=Nc2cc(S(=O)(=O)O)cc(Cl)c2C)c1[O-].[Na+]. The summed E-state index contributed by atoms with van der Waals surface area (Å²) in [6.45, 7) is 3.71. The third-order valence-corrected chi connectivity index (χ3v) is 7.01. The minimum Gasteiger partial charge on any atom is -0.870 e. The maximum atomic E-state index is 13.5. The number of rotatable bonds is 7. The largest absolute Gasteiger partial charge is 1.00 e. The normalized spacial score (nSPS) is 11.4. The fourth-order valence-corrected chi connectivity index (χ4v) is 4.62. The van der Waals surface area contributed by atoms with Gasteiger partial charge in [-0.2, -0.15) is 18.6 Å². The molecule has 4 aromatic rings. The van der Waals surface area contributed by atoms with Crippen LogP contribution >= 0.6 is 23.2 Å². The fourth-order valence-electron chi connectivity index (χ4n) is 3.65. The standard InChI is InChI=1S/C26H21Cl2N3O6S.Na/c1-3-37-23-9-8-16(27)11-22(23)29-26(33)19-10-15-6-4-5-7-18(15)24(25(19)32)31-30-21-13-17(38(34,35)36)12-20(28)14(21)2;/h4-13,32H,3H2,1-2H3,(H,29,33)(H,34,35,36);/q;+1/p-1. The van der Waals surface area contributed by atoms with E-state index in [2.05, 4.69) is 15.5 Å². The molecule has 0 saturated carbocycles. The summed E-state index contributed by atoms with van der Waals surface area (Å²) in [5.74, 6) is -1.04. The van der Waals surface area contributed by atoms with Crippen molar-refractivity contribution < 1.29 is 57.2 Å². The molecule has 2 N–H and O–H groups in total. The first-order chi connectivity index (χ1) is 18.0. The van der Waals surface area contributed by atoms with Crippen LogP contribution in [0.3, 0.4) is 0 Å². The van der Waals surface area contributed by atoms with Crippen LogP contribution in [0.15, 0.2) is 75.8 Å². The fraction of sp³-hybridized carbons (Fsp3) is 0.115. The van der Waals surface area contributed by atoms with Crippen molar-refractivity contribution in [2.75, 3.05) is 11.9 Å². The van der Waals surface area contributed by atoms with Crippen LogP contribution in [0, 0.1) is 6.92 Å². The molecule has 0 bridgehead atoms. The van der Waals surface area contributed by atoms with Crippen molar-refractivity contribution in [1.29, 1.82) is 0 Å². The number of nitrogens with zero attached hydrogens (tertiary/aromatic N) is 2. The van der Waals surface area contributed by atoms with Gasteiger partial charge < -0.3 is 15.2 Å². The molecule has 0 saturated heterocycles. The van der Waals surface area contributed by atoms with Crippen molar-refractivity contribution in [1.82, 2.24) is 0 Å². The molecule has 13 heteroatoms. The average Bonchev–Trinajstić information content (AvgIpc) is 2.86. The first-order valence-electron chi connectivity index (χ1n) is 11.2. The molecule has 0 aliphatic carbocycles. The predicted molar refractivity (Wildman–Crippen MR) is 144 cm³/mol. The van der Waals surface area contributed by atoms with Gasteiger partial charge >= 0.3 is 29.6 Å². The van der Waals surface area contributed by atoms with E-state index in [0.717, 1.165) is 12.1 Å². The maximum Gasteiger partial charge on any atom is 1.00 e. The molecule has 1 amide bonds. The summed E-state index contributed by atoms with van der Waals surface area (Å²) in [5, 5.41) is 25.6. The monoisotopic (exact) mass is 595 g/mol. The molecule has 0 unspecified atom stereocenters. The predicted octanol–water partition coefficient (Wildman–Crippen LogP) is 3.85. The number of carbonyl (C=O) groups is 1. The van der Waals surface area contributed by atoms with E-state index in [1.807, 2.05) is 0 Å². The summed E-state index contributed by atoms with van der Waals surface area (Å²) in [7, 11) is -4.57. The van der Waals surface area contributed by atoms with Gasteiger partial charge in [0.1, 0.15) is 5.75 Å². The first kappa shape index (κ1) is 30.8. The number of hydrogen-bond acceptors (Lipinski definition) is 7. The topological polar surface area (TPSA) is 140 Å². The van der Waals surface area contributed by atoms with Crippen LogP contribution in [0.5, 0.6) is 11.5 Å². The number of amides is 1. The third kappa shape index (κ3) is 6.90. The maximum absolute atomic E-state index is 13.5. The van der Waals surface area contributed by atoms with Gasteiger partial charge in [0.25, 0.3) is 16.0 Å². The molecule has 39 heavy (non-hydrogen) atoms. The summed E-state index contributed by atoms with van der Waals surface area (Å²) < 4.78 is 38.2. The molecule has 0 aromatic heterocycles. The molecule has 4 aromatic carbocycles. The van der Waals surface area contributed by atoms with E-state index in [9.17, 15) is 22.9 Å². The average molecular weight is 596 g/mol. The van der Waals surface area contributed by atoms with Gasteiger partial charge in [0.05, 0.1) is 28.6 Å². The zero-order valence-corrected chi connectivity index (χ0v) is 25.4. The summed E-state index contributed by atoms with van der Waals surface area (Å²) in [6, 6.07) is 15.1. The second-order valence-electron chi connectivity index (χ2n) is 8.07. The molecule has 0 atom stereocenters. The molecule has 0 spiro atoms. The van der Waals surface area contributed by atoms with Crippen LogP contribution in [0.25, 0.3) is 10.8 Å². The number of carbonyl (C=O) groups excluding carboxylic acids is 1. The Hall–Kier alpha value is -2.70. The molecule has 196 valence electrons. The Morgan fingerprint density at radius 2 is 1.79 bits per heavy atom. The smallest absolute Gasteiger partial charge is 0.870 e. The van der Waals surface area contributed by atoms with Crippen LogP contribution in [0.1, 0.15) is 22.8 Å². The van der Waals surface area contributed by atoms with E-state index in [1.165, 1.54) is 12.1 Å². The quantitative estimate of drug-likeness (QED) is 0.189. The number of nitrogens with one attached hydrogen (secondary N) is 1. The van der Waals surface area contributed by atoms with Gasteiger partial charge in [0.15, 0.2) is 0 Å². The van der Waals surface area contributed by atoms with Gasteiger partial charge in [-0.3, -0.25) is 9.35 Å². The minimum absolute atomic E-state index is 0. The van der Waals surface area contributed by atoms with Crippen LogP contribution in [-0.2, 0) is 10.1 Å². The van der Waals surface area contributed by atoms with Crippen molar-refractivity contribution >= 4 is 67.1 Å². The Balaban J connectivity index is 0.00000420. The van der Waals surface area contributed by atoms with Crippen LogP contribution in [0.2, 0.25) is 10.0 Å². The van der Waals surface area contributed by atoms with E-state index in [0.29, 0.717) is 33.7 Å². The second kappa shape index (κ2) is 12.6. The van der Waals surface area contributed by atoms with Crippen LogP contribution < -0.4 is 44.7 Å². The zero-order valence-electron chi connectivity index (χ0n) is 21.0. The Morgan fingerprint density at radius 1 is 1.08 bits per heavy atom. The first-order valence-corrected chi connectivity index (χ1v) is 13.3. The molecule has 0 radical (unpaired) electrons. The molecular weight excluding hydrogens is 576 g/mol. The minimum atomic E-state index is -4.57. The van der Waals surface area contributed by atoms with E-state index in [1.54, 1.807) is 50.2 Å². The third-order valence-electron chi connectivity index (χ3n) is 5.56. The molecule has 4 rings (SSSR count). The number of hydrogen-bond donors (Lipinski definition) is 2. The Bertz CT molecular complexity index is 1710. The number of halogens is 2. The second-order valence-corrected chi connectivity index (χ2v) is 10.3. The van der Waals surface area contributed by atoms with E-state index in [4.69, 9.17) is 27.9 Å². The van der Waals surface area contributed by atoms with Crippen molar-refractivity contribution in [2.45, 2.75) is 18.7 Å². The number of benzene rings is 4. The molecule has 0 aliphatic rings. The zero-order chi connectivity index (χ0) is 27.6. The van der Waals surface area contributed by atoms with Crippen molar-refractivity contribution in [3.63, 3.8) is 0 Å². The molecule has 0 aliphatic heterocycles. The molecule has 0 heterocycles. The van der Waals surface area contributed by atoms with E-state index >= 15 is 0 Å². The number of azo groups is 1. The number of fused-ring (bicyclic) bond motifs is 1. The number of anilines is 1. The summed E-state index contributed by atoms with van der Waals surface area (Å²) in [4.78, 5) is 12.8. The van der Waals surface area contributed by atoms with Gasteiger partial charge in [0, 0.05) is 21.0 Å². The van der Waals surface area contributed by atoms with Crippen molar-refractivity contribution in [2.24, 2.45) is 10.2 Å². The van der Waals surface area contributed by atoms with Gasteiger partial charge in [-0.15, -0.1) is 0 Å². The molecule has 0 fully saturated rings.